The van der Waals surface area contributed by atoms with E-state index in [4.69, 9.17) is 0 Å². The normalized spacial score (nSPS) is 12.5. The Morgan fingerprint density at radius 2 is 1.61 bits per heavy atom. The van der Waals surface area contributed by atoms with E-state index < -0.39 is 23.7 Å². The van der Waals surface area contributed by atoms with Crippen LogP contribution in [0.1, 0.15) is 12.5 Å². The molecule has 150 valence electrons. The van der Waals surface area contributed by atoms with E-state index in [1.165, 1.54) is 30.0 Å². The topological polar surface area (TPSA) is 61.4 Å². The Balaban J connectivity index is 1.99. The van der Waals surface area contributed by atoms with E-state index in [1.54, 1.807) is 31.3 Å². The number of rotatable bonds is 6. The smallest absolute Gasteiger partial charge is 0.324 e. The van der Waals surface area contributed by atoms with Gasteiger partial charge in [0.2, 0.25) is 11.8 Å². The zero-order chi connectivity index (χ0) is 20.9. The molecule has 0 spiro atoms. The van der Waals surface area contributed by atoms with E-state index in [0.29, 0.717) is 10.2 Å². The third kappa shape index (κ3) is 5.80. The van der Waals surface area contributed by atoms with Crippen molar-refractivity contribution in [2.24, 2.45) is 0 Å². The molecule has 0 aliphatic carbocycles. The second kappa shape index (κ2) is 9.20. The second-order valence-corrected chi connectivity index (χ2v) is 7.01. The first-order valence-electron chi connectivity index (χ1n) is 8.31. The number of anilines is 2. The van der Waals surface area contributed by atoms with E-state index >= 15 is 0 Å². The average Bonchev–Trinajstić information content (AvgIpc) is 2.62. The molecule has 0 aromatic heterocycles. The number of alkyl halides is 3. The summed E-state index contributed by atoms with van der Waals surface area (Å²) < 4.78 is 39.9. The van der Waals surface area contributed by atoms with Crippen LogP contribution >= 0.6 is 15.9 Å². The van der Waals surface area contributed by atoms with Gasteiger partial charge in [-0.3, -0.25) is 14.5 Å². The Labute approximate surface area is 169 Å². The summed E-state index contributed by atoms with van der Waals surface area (Å²) in [6, 6.07) is 11.0. The SMILES string of the molecule is CC(C(=O)Nc1ccccc1C(F)(F)F)N(C)CC(=O)Nc1ccccc1Br. The summed E-state index contributed by atoms with van der Waals surface area (Å²) in [4.78, 5) is 26.0. The van der Waals surface area contributed by atoms with Gasteiger partial charge in [0.05, 0.1) is 29.5 Å². The molecule has 0 bridgehead atoms. The molecule has 1 atom stereocenters. The number of hydrogen-bond donors (Lipinski definition) is 2. The standard InChI is InChI=1S/C19H19BrF3N3O2/c1-12(18(28)25-15-9-5-3-7-13(15)19(21,22)23)26(2)11-17(27)24-16-10-6-4-8-14(16)20/h3-10,12H,11H2,1-2H3,(H,24,27)(H,25,28). The van der Waals surface area contributed by atoms with Crippen LogP contribution in [0.4, 0.5) is 24.5 Å². The van der Waals surface area contributed by atoms with Gasteiger partial charge in [-0.05, 0) is 54.2 Å². The zero-order valence-electron chi connectivity index (χ0n) is 15.2. The number of amides is 2. The second-order valence-electron chi connectivity index (χ2n) is 6.15. The van der Waals surface area contributed by atoms with Crippen LogP contribution in [-0.4, -0.2) is 36.3 Å². The molecule has 2 aromatic carbocycles. The third-order valence-electron chi connectivity index (χ3n) is 4.07. The Morgan fingerprint density at radius 1 is 1.04 bits per heavy atom. The highest BCUT2D eigenvalue weighted by Crippen LogP contribution is 2.34. The number of para-hydroxylation sites is 2. The molecular formula is C19H19BrF3N3O2. The summed E-state index contributed by atoms with van der Waals surface area (Å²) >= 11 is 3.32. The van der Waals surface area contributed by atoms with Crippen LogP contribution in [0.5, 0.6) is 0 Å². The van der Waals surface area contributed by atoms with Crippen LogP contribution in [0.2, 0.25) is 0 Å². The van der Waals surface area contributed by atoms with E-state index in [0.717, 1.165) is 6.07 Å². The van der Waals surface area contributed by atoms with Gasteiger partial charge in [-0.25, -0.2) is 0 Å². The van der Waals surface area contributed by atoms with Gasteiger partial charge in [0.1, 0.15) is 0 Å². The van der Waals surface area contributed by atoms with Crippen molar-refractivity contribution in [3.63, 3.8) is 0 Å². The number of carbonyl (C=O) groups excluding carboxylic acids is 2. The first-order chi connectivity index (χ1) is 13.1. The summed E-state index contributed by atoms with van der Waals surface area (Å²) in [5.41, 5.74) is -0.667. The van der Waals surface area contributed by atoms with Gasteiger partial charge in [0.15, 0.2) is 0 Å². The monoisotopic (exact) mass is 457 g/mol. The minimum atomic E-state index is -4.58. The predicted octanol–water partition coefficient (Wildman–Crippen LogP) is 4.37. The van der Waals surface area contributed by atoms with Crippen LogP contribution in [-0.2, 0) is 15.8 Å². The van der Waals surface area contributed by atoms with Crippen molar-refractivity contribution < 1.29 is 22.8 Å². The molecule has 0 aliphatic heterocycles. The molecule has 0 radical (unpaired) electrons. The van der Waals surface area contributed by atoms with Crippen molar-refractivity contribution in [3.05, 3.63) is 58.6 Å². The molecule has 2 aromatic rings. The Hall–Kier alpha value is -2.39. The molecule has 1 unspecified atom stereocenters. The molecule has 9 heteroatoms. The van der Waals surface area contributed by atoms with Gasteiger partial charge < -0.3 is 10.6 Å². The Bertz CT molecular complexity index is 858. The molecule has 2 N–H and O–H groups in total. The molecular weight excluding hydrogens is 439 g/mol. The van der Waals surface area contributed by atoms with Crippen molar-refractivity contribution in [2.75, 3.05) is 24.2 Å². The van der Waals surface area contributed by atoms with Crippen LogP contribution in [0, 0.1) is 0 Å². The van der Waals surface area contributed by atoms with Gasteiger partial charge >= 0.3 is 6.18 Å². The molecule has 0 aliphatic rings. The Kier molecular flexibility index (Phi) is 7.20. The van der Waals surface area contributed by atoms with E-state index in [9.17, 15) is 22.8 Å². The molecule has 0 heterocycles. The quantitative estimate of drug-likeness (QED) is 0.676. The van der Waals surface area contributed by atoms with Gasteiger partial charge in [0, 0.05) is 4.47 Å². The predicted molar refractivity (Wildman–Crippen MR) is 105 cm³/mol. The van der Waals surface area contributed by atoms with Gasteiger partial charge in [-0.2, -0.15) is 13.2 Å². The molecule has 5 nitrogen and oxygen atoms in total. The number of likely N-dealkylation sites (N-methyl/N-ethyl adjacent to an activating group) is 1. The highest BCUT2D eigenvalue weighted by molar-refractivity contribution is 9.10. The summed E-state index contributed by atoms with van der Waals surface area (Å²) in [6.07, 6.45) is -4.58. The minimum Gasteiger partial charge on any atom is -0.324 e. The lowest BCUT2D eigenvalue weighted by atomic mass is 10.1. The highest BCUT2D eigenvalue weighted by Gasteiger charge is 2.34. The number of benzene rings is 2. The number of carbonyl (C=O) groups is 2. The first kappa shape index (κ1) is 21.9. The number of halogens is 4. The summed E-state index contributed by atoms with van der Waals surface area (Å²) in [5.74, 6) is -1.00. The van der Waals surface area contributed by atoms with Gasteiger partial charge in [-0.15, -0.1) is 0 Å². The summed E-state index contributed by atoms with van der Waals surface area (Å²) in [5, 5.41) is 5.00. The molecule has 2 rings (SSSR count). The fraction of sp³-hybridized carbons (Fsp3) is 0.263. The van der Waals surface area contributed by atoms with Crippen molar-refractivity contribution in [2.45, 2.75) is 19.1 Å². The van der Waals surface area contributed by atoms with E-state index in [-0.39, 0.29) is 18.1 Å². The first-order valence-corrected chi connectivity index (χ1v) is 9.10. The fourth-order valence-corrected chi connectivity index (χ4v) is 2.78. The van der Waals surface area contributed by atoms with Gasteiger partial charge in [-0.1, -0.05) is 24.3 Å². The molecule has 0 saturated carbocycles. The average molecular weight is 458 g/mol. The van der Waals surface area contributed by atoms with Crippen molar-refractivity contribution in [3.8, 4) is 0 Å². The highest BCUT2D eigenvalue weighted by atomic mass is 79.9. The maximum atomic E-state index is 13.1. The lowest BCUT2D eigenvalue weighted by Crippen LogP contribution is -2.43. The minimum absolute atomic E-state index is 0.114. The number of nitrogens with one attached hydrogen (secondary N) is 2. The molecule has 0 saturated heterocycles. The van der Waals surface area contributed by atoms with Gasteiger partial charge in [0.25, 0.3) is 0 Å². The number of hydrogen-bond acceptors (Lipinski definition) is 3. The molecule has 2 amide bonds. The van der Waals surface area contributed by atoms with Crippen molar-refractivity contribution in [1.82, 2.24) is 4.90 Å². The summed E-state index contributed by atoms with van der Waals surface area (Å²) in [6.45, 7) is 1.40. The summed E-state index contributed by atoms with van der Waals surface area (Å²) in [7, 11) is 1.54. The van der Waals surface area contributed by atoms with Crippen molar-refractivity contribution >= 4 is 39.1 Å². The lowest BCUT2D eigenvalue weighted by molar-refractivity contribution is -0.137. The Morgan fingerprint density at radius 3 is 2.21 bits per heavy atom. The third-order valence-corrected chi connectivity index (χ3v) is 4.76. The van der Waals surface area contributed by atoms with Crippen molar-refractivity contribution in [1.29, 1.82) is 0 Å². The van der Waals surface area contributed by atoms with Crippen LogP contribution in [0.15, 0.2) is 53.0 Å². The lowest BCUT2D eigenvalue weighted by Gasteiger charge is -2.24. The molecule has 28 heavy (non-hydrogen) atoms. The maximum Gasteiger partial charge on any atom is 0.418 e. The largest absolute Gasteiger partial charge is 0.418 e. The van der Waals surface area contributed by atoms with E-state index in [1.807, 2.05) is 0 Å². The maximum absolute atomic E-state index is 13.1. The number of nitrogens with zero attached hydrogens (tertiary/aromatic N) is 1. The van der Waals surface area contributed by atoms with Crippen LogP contribution < -0.4 is 10.6 Å². The zero-order valence-corrected chi connectivity index (χ0v) is 16.8. The molecule has 0 fully saturated rings. The van der Waals surface area contributed by atoms with Crippen LogP contribution in [0.25, 0.3) is 0 Å². The van der Waals surface area contributed by atoms with Crippen LogP contribution in [0.3, 0.4) is 0 Å². The fourth-order valence-electron chi connectivity index (χ4n) is 2.39. The van der Waals surface area contributed by atoms with E-state index in [2.05, 4.69) is 26.6 Å².